The fourth-order valence-electron chi connectivity index (χ4n) is 1.89. The SMILES string of the molecule is CC(=CCCOc1ccccc1)C(=O)OCc1ccccc1. The quantitative estimate of drug-likeness (QED) is 0.437. The zero-order chi connectivity index (χ0) is 15.6. The second-order valence-electron chi connectivity index (χ2n) is 4.90. The molecular weight excluding hydrogens is 276 g/mol. The van der Waals surface area contributed by atoms with Gasteiger partial charge in [-0.25, -0.2) is 4.79 Å². The van der Waals surface area contributed by atoms with Crippen molar-refractivity contribution in [3.05, 3.63) is 77.9 Å². The minimum atomic E-state index is -0.288. The van der Waals surface area contributed by atoms with Crippen LogP contribution in [0.15, 0.2) is 72.3 Å². The van der Waals surface area contributed by atoms with Gasteiger partial charge >= 0.3 is 5.97 Å². The summed E-state index contributed by atoms with van der Waals surface area (Å²) < 4.78 is 10.8. The van der Waals surface area contributed by atoms with Crippen LogP contribution in [0.25, 0.3) is 0 Å². The summed E-state index contributed by atoms with van der Waals surface area (Å²) in [5.41, 5.74) is 1.59. The summed E-state index contributed by atoms with van der Waals surface area (Å²) in [4.78, 5) is 11.8. The van der Waals surface area contributed by atoms with E-state index in [9.17, 15) is 4.79 Å². The van der Waals surface area contributed by atoms with E-state index in [4.69, 9.17) is 9.47 Å². The number of hydrogen-bond acceptors (Lipinski definition) is 3. The Labute approximate surface area is 131 Å². The molecular formula is C19H20O3. The molecule has 0 aromatic heterocycles. The van der Waals surface area contributed by atoms with Crippen LogP contribution < -0.4 is 4.74 Å². The molecule has 0 aliphatic heterocycles. The van der Waals surface area contributed by atoms with E-state index in [2.05, 4.69) is 0 Å². The van der Waals surface area contributed by atoms with Crippen LogP contribution in [0.2, 0.25) is 0 Å². The van der Waals surface area contributed by atoms with Gasteiger partial charge in [0, 0.05) is 12.0 Å². The molecule has 0 unspecified atom stereocenters. The van der Waals surface area contributed by atoms with Crippen LogP contribution in [-0.2, 0) is 16.1 Å². The van der Waals surface area contributed by atoms with Crippen LogP contribution >= 0.6 is 0 Å². The first-order valence-electron chi connectivity index (χ1n) is 7.31. The lowest BCUT2D eigenvalue weighted by molar-refractivity contribution is -0.140. The molecule has 0 N–H and O–H groups in total. The molecule has 0 saturated carbocycles. The van der Waals surface area contributed by atoms with Crippen LogP contribution in [0.4, 0.5) is 0 Å². The Balaban J connectivity index is 1.71. The fourth-order valence-corrected chi connectivity index (χ4v) is 1.89. The van der Waals surface area contributed by atoms with Gasteiger partial charge in [-0.3, -0.25) is 0 Å². The first-order valence-corrected chi connectivity index (χ1v) is 7.31. The van der Waals surface area contributed by atoms with Gasteiger partial charge in [0.25, 0.3) is 0 Å². The van der Waals surface area contributed by atoms with Crippen molar-refractivity contribution in [1.82, 2.24) is 0 Å². The molecule has 0 spiro atoms. The third-order valence-corrected chi connectivity index (χ3v) is 3.12. The number of para-hydroxylation sites is 1. The lowest BCUT2D eigenvalue weighted by Gasteiger charge is -2.06. The first kappa shape index (κ1) is 15.8. The Hall–Kier alpha value is -2.55. The third-order valence-electron chi connectivity index (χ3n) is 3.12. The van der Waals surface area contributed by atoms with Crippen molar-refractivity contribution >= 4 is 5.97 Å². The smallest absolute Gasteiger partial charge is 0.333 e. The molecule has 0 aliphatic carbocycles. The van der Waals surface area contributed by atoms with Crippen molar-refractivity contribution in [2.45, 2.75) is 20.0 Å². The number of hydrogen-bond donors (Lipinski definition) is 0. The number of carbonyl (C=O) groups excluding carboxylic acids is 1. The van der Waals surface area contributed by atoms with Gasteiger partial charge in [0.1, 0.15) is 12.4 Å². The number of ether oxygens (including phenoxy) is 2. The van der Waals surface area contributed by atoms with Crippen molar-refractivity contribution in [1.29, 1.82) is 0 Å². The van der Waals surface area contributed by atoms with Crippen molar-refractivity contribution in [3.8, 4) is 5.75 Å². The highest BCUT2D eigenvalue weighted by atomic mass is 16.5. The van der Waals surface area contributed by atoms with Crippen molar-refractivity contribution in [3.63, 3.8) is 0 Å². The average Bonchev–Trinajstić information content (AvgIpc) is 2.58. The minimum absolute atomic E-state index is 0.288. The van der Waals surface area contributed by atoms with Crippen LogP contribution in [0.3, 0.4) is 0 Å². The Morgan fingerprint density at radius 3 is 2.32 bits per heavy atom. The number of rotatable bonds is 7. The second kappa shape index (κ2) is 8.67. The third kappa shape index (κ3) is 5.44. The highest BCUT2D eigenvalue weighted by Gasteiger charge is 2.05. The Bertz CT molecular complexity index is 603. The first-order chi connectivity index (χ1) is 10.8. The van der Waals surface area contributed by atoms with Crippen molar-refractivity contribution < 1.29 is 14.3 Å². The topological polar surface area (TPSA) is 35.5 Å². The van der Waals surface area contributed by atoms with Gasteiger partial charge in [-0.2, -0.15) is 0 Å². The van der Waals surface area contributed by atoms with Crippen LogP contribution in [0, 0.1) is 0 Å². The average molecular weight is 296 g/mol. The van der Waals surface area contributed by atoms with Crippen LogP contribution in [0.1, 0.15) is 18.9 Å². The standard InChI is InChI=1S/C19H20O3/c1-16(9-8-14-21-18-12-6-3-7-13-18)19(20)22-15-17-10-4-2-5-11-17/h2-7,9-13H,8,14-15H2,1H3. The van der Waals surface area contributed by atoms with Gasteiger partial charge in [0.05, 0.1) is 6.61 Å². The molecule has 114 valence electrons. The van der Waals surface area contributed by atoms with Gasteiger partial charge in [0.2, 0.25) is 0 Å². The monoisotopic (exact) mass is 296 g/mol. The summed E-state index contributed by atoms with van der Waals surface area (Å²) in [5, 5.41) is 0. The van der Waals surface area contributed by atoms with E-state index >= 15 is 0 Å². The molecule has 2 aromatic rings. The molecule has 3 nitrogen and oxygen atoms in total. The van der Waals surface area contributed by atoms with E-state index in [1.807, 2.05) is 66.7 Å². The molecule has 0 fully saturated rings. The summed E-state index contributed by atoms with van der Waals surface area (Å²) in [6, 6.07) is 19.3. The van der Waals surface area contributed by atoms with E-state index in [0.29, 0.717) is 25.2 Å². The predicted molar refractivity (Wildman–Crippen MR) is 86.5 cm³/mol. The van der Waals surface area contributed by atoms with Crippen molar-refractivity contribution in [2.24, 2.45) is 0 Å². The molecule has 0 heterocycles. The lowest BCUT2D eigenvalue weighted by Crippen LogP contribution is -2.06. The summed E-state index contributed by atoms with van der Waals surface area (Å²) in [7, 11) is 0. The summed E-state index contributed by atoms with van der Waals surface area (Å²) in [5.74, 6) is 0.545. The predicted octanol–water partition coefficient (Wildman–Crippen LogP) is 4.15. The molecule has 0 atom stereocenters. The number of benzene rings is 2. The van der Waals surface area contributed by atoms with E-state index in [0.717, 1.165) is 11.3 Å². The zero-order valence-corrected chi connectivity index (χ0v) is 12.7. The molecule has 22 heavy (non-hydrogen) atoms. The number of carbonyl (C=O) groups is 1. The minimum Gasteiger partial charge on any atom is -0.493 e. The number of esters is 1. The van der Waals surface area contributed by atoms with Gasteiger partial charge in [-0.1, -0.05) is 54.6 Å². The molecule has 0 amide bonds. The Morgan fingerprint density at radius 2 is 1.64 bits per heavy atom. The van der Waals surface area contributed by atoms with E-state index in [-0.39, 0.29) is 5.97 Å². The largest absolute Gasteiger partial charge is 0.493 e. The Kier molecular flexibility index (Phi) is 6.24. The molecule has 0 aliphatic rings. The van der Waals surface area contributed by atoms with Crippen LogP contribution in [0.5, 0.6) is 5.75 Å². The normalized spacial score (nSPS) is 11.0. The Morgan fingerprint density at radius 1 is 1.00 bits per heavy atom. The lowest BCUT2D eigenvalue weighted by atomic mass is 10.2. The zero-order valence-electron chi connectivity index (χ0n) is 12.7. The molecule has 2 aromatic carbocycles. The highest BCUT2D eigenvalue weighted by molar-refractivity contribution is 5.87. The van der Waals surface area contributed by atoms with Gasteiger partial charge in [0.15, 0.2) is 0 Å². The van der Waals surface area contributed by atoms with Crippen molar-refractivity contribution in [2.75, 3.05) is 6.61 Å². The summed E-state index contributed by atoms with van der Waals surface area (Å²) in [6.07, 6.45) is 2.51. The van der Waals surface area contributed by atoms with Gasteiger partial charge < -0.3 is 9.47 Å². The maximum absolute atomic E-state index is 11.8. The molecule has 0 bridgehead atoms. The van der Waals surface area contributed by atoms with E-state index in [1.54, 1.807) is 6.92 Å². The summed E-state index contributed by atoms with van der Waals surface area (Å²) >= 11 is 0. The fraction of sp³-hybridized carbons (Fsp3) is 0.211. The molecule has 0 radical (unpaired) electrons. The molecule has 3 heteroatoms. The second-order valence-corrected chi connectivity index (χ2v) is 4.90. The van der Waals surface area contributed by atoms with Crippen LogP contribution in [-0.4, -0.2) is 12.6 Å². The summed E-state index contributed by atoms with van der Waals surface area (Å²) in [6.45, 7) is 2.59. The molecule has 2 rings (SSSR count). The maximum Gasteiger partial charge on any atom is 0.333 e. The van der Waals surface area contributed by atoms with E-state index in [1.165, 1.54) is 0 Å². The van der Waals surface area contributed by atoms with Gasteiger partial charge in [-0.05, 0) is 24.6 Å². The van der Waals surface area contributed by atoms with E-state index < -0.39 is 0 Å². The highest BCUT2D eigenvalue weighted by Crippen LogP contribution is 2.09. The maximum atomic E-state index is 11.8. The molecule has 0 saturated heterocycles. The van der Waals surface area contributed by atoms with Gasteiger partial charge in [-0.15, -0.1) is 0 Å².